The van der Waals surface area contributed by atoms with Gasteiger partial charge in [0.05, 0.1) is 0 Å². The molecule has 0 saturated carbocycles. The first kappa shape index (κ1) is 6.15. The van der Waals surface area contributed by atoms with Crippen LogP contribution >= 0.6 is 0 Å². The van der Waals surface area contributed by atoms with Gasteiger partial charge >= 0.3 is 0 Å². The summed E-state index contributed by atoms with van der Waals surface area (Å²) in [4.78, 5) is 0. The quantitative estimate of drug-likeness (QED) is 0.508. The van der Waals surface area contributed by atoms with Gasteiger partial charge in [-0.25, -0.2) is 0 Å². The van der Waals surface area contributed by atoms with E-state index in [4.69, 9.17) is 0 Å². The highest BCUT2D eigenvalue weighted by Gasteiger charge is 1.80. The fraction of sp³-hybridized carbons (Fsp3) is 1.00. The highest BCUT2D eigenvalue weighted by Crippen LogP contribution is 1.77. The largest absolute Gasteiger partial charge is 0.260 e. The molecule has 0 radical (unpaired) electrons. The first-order valence-electron chi connectivity index (χ1n) is 2.07. The Hall–Kier alpha value is 0.150. The lowest BCUT2D eigenvalue weighted by Gasteiger charge is -1.82. The Kier molecular flexibility index (Phi) is 3.43. The van der Waals surface area contributed by atoms with Crippen LogP contribution in [0.1, 0.15) is 13.3 Å². The van der Waals surface area contributed by atoms with Crippen LogP contribution in [0.2, 0.25) is 0 Å². The van der Waals surface area contributed by atoms with Crippen molar-refractivity contribution in [2.24, 2.45) is 0 Å². The summed E-state index contributed by atoms with van der Waals surface area (Å²) in [7, 11) is -0.566. The van der Waals surface area contributed by atoms with E-state index in [2.05, 4.69) is 0 Å². The summed E-state index contributed by atoms with van der Waals surface area (Å²) in [6.07, 6.45) is 2.76. The van der Waals surface area contributed by atoms with E-state index in [1.807, 2.05) is 6.92 Å². The van der Waals surface area contributed by atoms with E-state index >= 15 is 0 Å². The first-order chi connectivity index (χ1) is 2.77. The molecular weight excluding hydrogens is 96.1 g/mol. The van der Waals surface area contributed by atoms with Gasteiger partial charge in [-0.2, -0.15) is 0 Å². The molecule has 0 bridgehead atoms. The molecule has 0 aromatic rings. The van der Waals surface area contributed by atoms with Crippen LogP contribution in [0.5, 0.6) is 0 Å². The Morgan fingerprint density at radius 3 is 2.17 bits per heavy atom. The molecule has 0 aliphatic heterocycles. The third-order valence-electron chi connectivity index (χ3n) is 0.492. The van der Waals surface area contributed by atoms with Crippen LogP contribution in [0, 0.1) is 0 Å². The topological polar surface area (TPSA) is 17.1 Å². The molecule has 0 spiro atoms. The van der Waals surface area contributed by atoms with Crippen molar-refractivity contribution in [3.8, 4) is 0 Å². The molecule has 0 fully saturated rings. The van der Waals surface area contributed by atoms with E-state index in [0.717, 1.165) is 12.2 Å². The average molecular weight is 106 g/mol. The van der Waals surface area contributed by atoms with Crippen LogP contribution in [0.4, 0.5) is 0 Å². The summed E-state index contributed by atoms with van der Waals surface area (Å²) in [6.45, 7) is 2.03. The molecule has 0 amide bonds. The zero-order chi connectivity index (χ0) is 4.99. The minimum atomic E-state index is -0.566. The minimum Gasteiger partial charge on any atom is -0.260 e. The number of hydrogen-bond acceptors (Lipinski definition) is 1. The maximum Gasteiger partial charge on any atom is 0.0229 e. The van der Waals surface area contributed by atoms with Crippen molar-refractivity contribution in [2.45, 2.75) is 13.3 Å². The second kappa shape index (κ2) is 3.34. The second-order valence-electron chi connectivity index (χ2n) is 1.28. The summed E-state index contributed by atoms with van der Waals surface area (Å²) in [5.74, 6) is 0.847. The number of rotatable bonds is 2. The zero-order valence-electron chi connectivity index (χ0n) is 4.23. The van der Waals surface area contributed by atoms with Crippen molar-refractivity contribution in [3.63, 3.8) is 0 Å². The van der Waals surface area contributed by atoms with Gasteiger partial charge in [0.1, 0.15) is 0 Å². The van der Waals surface area contributed by atoms with Crippen molar-refractivity contribution >= 4 is 10.8 Å². The predicted molar refractivity (Wildman–Crippen MR) is 29.2 cm³/mol. The SMILES string of the molecule is CCCS(C)=O. The minimum absolute atomic E-state index is 0.566. The number of hydrogen-bond donors (Lipinski definition) is 0. The van der Waals surface area contributed by atoms with Crippen molar-refractivity contribution in [3.05, 3.63) is 0 Å². The van der Waals surface area contributed by atoms with Crippen LogP contribution in [-0.2, 0) is 10.8 Å². The maximum absolute atomic E-state index is 10.2. The molecule has 0 saturated heterocycles. The molecule has 1 atom stereocenters. The fourth-order valence-electron chi connectivity index (χ4n) is 0.287. The van der Waals surface area contributed by atoms with Crippen LogP contribution in [-0.4, -0.2) is 16.2 Å². The third-order valence-corrected chi connectivity index (χ3v) is 1.47. The van der Waals surface area contributed by atoms with E-state index in [1.165, 1.54) is 0 Å². The predicted octanol–water partition coefficient (Wildman–Crippen LogP) is 0.775. The Balaban J connectivity index is 2.83. The monoisotopic (exact) mass is 106 g/mol. The molecule has 2 heteroatoms. The summed E-state index contributed by atoms with van der Waals surface area (Å²) in [6, 6.07) is 0. The maximum atomic E-state index is 10.2. The molecule has 0 N–H and O–H groups in total. The molecule has 0 aromatic heterocycles. The van der Waals surface area contributed by atoms with Crippen LogP contribution in [0.25, 0.3) is 0 Å². The van der Waals surface area contributed by atoms with Gasteiger partial charge < -0.3 is 0 Å². The molecule has 0 aromatic carbocycles. The van der Waals surface area contributed by atoms with Gasteiger partial charge in [-0.3, -0.25) is 4.21 Å². The molecule has 6 heavy (non-hydrogen) atoms. The van der Waals surface area contributed by atoms with Crippen molar-refractivity contribution in [1.82, 2.24) is 0 Å². The van der Waals surface area contributed by atoms with Crippen molar-refractivity contribution in [2.75, 3.05) is 12.0 Å². The lowest BCUT2D eigenvalue weighted by molar-refractivity contribution is 0.685. The van der Waals surface area contributed by atoms with E-state index < -0.39 is 10.8 Å². The smallest absolute Gasteiger partial charge is 0.0229 e. The lowest BCUT2D eigenvalue weighted by Crippen LogP contribution is -1.89. The van der Waals surface area contributed by atoms with Crippen LogP contribution in [0.3, 0.4) is 0 Å². The molecule has 1 nitrogen and oxygen atoms in total. The van der Waals surface area contributed by atoms with E-state index in [-0.39, 0.29) is 0 Å². The molecule has 1 unspecified atom stereocenters. The summed E-state index contributed by atoms with van der Waals surface area (Å²) < 4.78 is 10.2. The Morgan fingerprint density at radius 1 is 1.67 bits per heavy atom. The first-order valence-corrected chi connectivity index (χ1v) is 3.80. The van der Waals surface area contributed by atoms with E-state index in [9.17, 15) is 4.21 Å². The lowest BCUT2D eigenvalue weighted by atomic mass is 10.6. The van der Waals surface area contributed by atoms with Crippen LogP contribution < -0.4 is 0 Å². The van der Waals surface area contributed by atoms with Crippen molar-refractivity contribution in [1.29, 1.82) is 0 Å². The zero-order valence-corrected chi connectivity index (χ0v) is 5.05. The molecular formula is C4H10OS. The highest BCUT2D eigenvalue weighted by molar-refractivity contribution is 7.84. The molecule has 0 heterocycles. The standard InChI is InChI=1S/C4H10OS/c1-3-4-6(2)5/h3-4H2,1-2H3. The molecule has 38 valence electrons. The van der Waals surface area contributed by atoms with Gasteiger partial charge in [0.25, 0.3) is 0 Å². The Bertz CT molecular complexity index is 51.5. The van der Waals surface area contributed by atoms with Gasteiger partial charge in [-0.1, -0.05) is 6.92 Å². The van der Waals surface area contributed by atoms with Gasteiger partial charge in [-0.05, 0) is 6.42 Å². The van der Waals surface area contributed by atoms with Gasteiger partial charge in [0, 0.05) is 22.8 Å². The summed E-state index contributed by atoms with van der Waals surface area (Å²) in [5, 5.41) is 0. The van der Waals surface area contributed by atoms with E-state index in [1.54, 1.807) is 6.26 Å². The average Bonchev–Trinajstić information content (AvgIpc) is 1.35. The van der Waals surface area contributed by atoms with Gasteiger partial charge in [-0.15, -0.1) is 0 Å². The summed E-state index contributed by atoms with van der Waals surface area (Å²) in [5.41, 5.74) is 0. The highest BCUT2D eigenvalue weighted by atomic mass is 32.2. The Labute approximate surface area is 41.2 Å². The van der Waals surface area contributed by atoms with Crippen LogP contribution in [0.15, 0.2) is 0 Å². The van der Waals surface area contributed by atoms with Gasteiger partial charge in [0.15, 0.2) is 0 Å². The fourth-order valence-corrected chi connectivity index (χ4v) is 0.862. The molecule has 0 rings (SSSR count). The Morgan fingerprint density at radius 2 is 2.17 bits per heavy atom. The molecule has 0 aliphatic carbocycles. The third kappa shape index (κ3) is 4.15. The van der Waals surface area contributed by atoms with E-state index in [0.29, 0.717) is 0 Å². The van der Waals surface area contributed by atoms with Crippen molar-refractivity contribution < 1.29 is 4.21 Å². The normalized spacial score (nSPS) is 14.3. The second-order valence-corrected chi connectivity index (χ2v) is 2.83. The van der Waals surface area contributed by atoms with Gasteiger partial charge in [0.2, 0.25) is 0 Å². The summed E-state index contributed by atoms with van der Waals surface area (Å²) >= 11 is 0. The molecule has 0 aliphatic rings.